The predicted molar refractivity (Wildman–Crippen MR) is 104 cm³/mol. The molecule has 1 atom stereocenters. The van der Waals surface area contributed by atoms with Crippen LogP contribution < -0.4 is 10.4 Å². The molecule has 27 heavy (non-hydrogen) atoms. The molecule has 1 unspecified atom stereocenters. The zero-order chi connectivity index (χ0) is 19.6. The van der Waals surface area contributed by atoms with E-state index in [1.807, 2.05) is 12.1 Å². The summed E-state index contributed by atoms with van der Waals surface area (Å²) in [5.41, 5.74) is 2.04. The highest BCUT2D eigenvalue weighted by atomic mass is 35.5. The number of carbonyl (C=O) groups excluding carboxylic acids is 1. The van der Waals surface area contributed by atoms with Crippen LogP contribution in [0, 0.1) is 6.92 Å². The lowest BCUT2D eigenvalue weighted by Crippen LogP contribution is -2.19. The van der Waals surface area contributed by atoms with Crippen LogP contribution >= 0.6 is 11.6 Å². The molecule has 0 aliphatic heterocycles. The highest BCUT2D eigenvalue weighted by Crippen LogP contribution is 2.33. The normalized spacial score (nSPS) is 12.0. The van der Waals surface area contributed by atoms with Gasteiger partial charge in [0.1, 0.15) is 11.3 Å². The smallest absolute Gasteiger partial charge is 0.336 e. The Hall–Kier alpha value is -2.79. The Balaban J connectivity index is 2.18. The average Bonchev–Trinajstić information content (AvgIpc) is 2.67. The Morgan fingerprint density at radius 1 is 1.15 bits per heavy atom. The molecule has 0 aliphatic rings. The quantitative estimate of drug-likeness (QED) is 0.484. The number of rotatable bonds is 5. The maximum atomic E-state index is 12.5. The molecule has 6 heteroatoms. The number of methoxy groups -OCH3 is 2. The largest absolute Gasteiger partial charge is 0.496 e. The van der Waals surface area contributed by atoms with Crippen LogP contribution in [0.2, 0.25) is 5.02 Å². The van der Waals surface area contributed by atoms with Gasteiger partial charge in [0.15, 0.2) is 0 Å². The van der Waals surface area contributed by atoms with Gasteiger partial charge in [-0.2, -0.15) is 0 Å². The second kappa shape index (κ2) is 7.84. The summed E-state index contributed by atoms with van der Waals surface area (Å²) in [5, 5.41) is 1.29. The SMILES string of the molecule is COC(=O)C(Cc1ccc(Cl)cc1)c1cc(=O)oc2c(C)c(OC)ccc12. The summed E-state index contributed by atoms with van der Waals surface area (Å²) < 4.78 is 15.7. The van der Waals surface area contributed by atoms with E-state index in [-0.39, 0.29) is 0 Å². The van der Waals surface area contributed by atoms with Crippen LogP contribution in [0.5, 0.6) is 5.75 Å². The molecule has 0 bridgehead atoms. The van der Waals surface area contributed by atoms with E-state index in [0.717, 1.165) is 5.56 Å². The van der Waals surface area contributed by atoms with E-state index in [0.29, 0.717) is 39.3 Å². The monoisotopic (exact) mass is 386 g/mol. The number of esters is 1. The summed E-state index contributed by atoms with van der Waals surface area (Å²) in [7, 11) is 2.88. The van der Waals surface area contributed by atoms with Gasteiger partial charge >= 0.3 is 11.6 Å². The topological polar surface area (TPSA) is 65.7 Å². The minimum atomic E-state index is -0.657. The molecular formula is C21H19ClO5. The van der Waals surface area contributed by atoms with Gasteiger partial charge in [-0.15, -0.1) is 0 Å². The molecule has 1 aromatic heterocycles. The van der Waals surface area contributed by atoms with Gasteiger partial charge in [0.05, 0.1) is 20.1 Å². The predicted octanol–water partition coefficient (Wildman–Crippen LogP) is 4.26. The number of hydrogen-bond acceptors (Lipinski definition) is 5. The maximum Gasteiger partial charge on any atom is 0.336 e. The van der Waals surface area contributed by atoms with Crippen molar-refractivity contribution in [2.75, 3.05) is 14.2 Å². The van der Waals surface area contributed by atoms with Gasteiger partial charge in [-0.25, -0.2) is 4.79 Å². The molecule has 3 aromatic rings. The van der Waals surface area contributed by atoms with Gasteiger partial charge in [-0.3, -0.25) is 4.79 Å². The van der Waals surface area contributed by atoms with E-state index < -0.39 is 17.5 Å². The van der Waals surface area contributed by atoms with E-state index in [2.05, 4.69) is 0 Å². The summed E-state index contributed by atoms with van der Waals surface area (Å²) in [6, 6.07) is 12.1. The van der Waals surface area contributed by atoms with Crippen molar-refractivity contribution in [2.24, 2.45) is 0 Å². The van der Waals surface area contributed by atoms with Crippen molar-refractivity contribution < 1.29 is 18.7 Å². The molecule has 0 amide bonds. The molecule has 0 aliphatic carbocycles. The second-order valence-electron chi connectivity index (χ2n) is 6.20. The summed E-state index contributed by atoms with van der Waals surface area (Å²) >= 11 is 5.94. The van der Waals surface area contributed by atoms with Crippen LogP contribution in [0.4, 0.5) is 0 Å². The Labute approximate surface area is 161 Å². The minimum absolute atomic E-state index is 0.369. The molecule has 3 rings (SSSR count). The molecule has 1 heterocycles. The van der Waals surface area contributed by atoms with E-state index >= 15 is 0 Å². The van der Waals surface area contributed by atoms with Crippen molar-refractivity contribution in [3.05, 3.63) is 74.6 Å². The second-order valence-corrected chi connectivity index (χ2v) is 6.63. The number of ether oxygens (including phenoxy) is 2. The van der Waals surface area contributed by atoms with Gasteiger partial charge in [0.25, 0.3) is 0 Å². The molecule has 0 spiro atoms. The number of hydrogen-bond donors (Lipinski definition) is 0. The molecule has 0 fully saturated rings. The van der Waals surface area contributed by atoms with Crippen LogP contribution in [-0.4, -0.2) is 20.2 Å². The first kappa shape index (κ1) is 19.0. The van der Waals surface area contributed by atoms with Crippen molar-refractivity contribution in [1.29, 1.82) is 0 Å². The van der Waals surface area contributed by atoms with Crippen LogP contribution in [0.1, 0.15) is 22.6 Å². The van der Waals surface area contributed by atoms with Gasteiger partial charge in [-0.1, -0.05) is 23.7 Å². The highest BCUT2D eigenvalue weighted by molar-refractivity contribution is 6.30. The molecule has 140 valence electrons. The van der Waals surface area contributed by atoms with Crippen molar-refractivity contribution in [2.45, 2.75) is 19.3 Å². The Morgan fingerprint density at radius 3 is 2.48 bits per heavy atom. The van der Waals surface area contributed by atoms with Crippen molar-refractivity contribution in [3.63, 3.8) is 0 Å². The standard InChI is InChI=1S/C21H19ClO5/c1-12-18(25-2)9-8-15-16(11-19(23)27-20(12)15)17(21(24)26-3)10-13-4-6-14(22)7-5-13/h4-9,11,17H,10H2,1-3H3. The fourth-order valence-electron chi connectivity index (χ4n) is 3.20. The van der Waals surface area contributed by atoms with Gasteiger partial charge in [-0.05, 0) is 48.7 Å². The maximum absolute atomic E-state index is 12.5. The van der Waals surface area contributed by atoms with Crippen LogP contribution in [0.25, 0.3) is 11.0 Å². The van der Waals surface area contributed by atoms with Crippen molar-refractivity contribution in [1.82, 2.24) is 0 Å². The number of carbonyl (C=O) groups is 1. The number of benzene rings is 2. The lowest BCUT2D eigenvalue weighted by atomic mass is 9.89. The summed E-state index contributed by atoms with van der Waals surface area (Å²) in [4.78, 5) is 24.7. The van der Waals surface area contributed by atoms with Crippen molar-refractivity contribution >= 4 is 28.5 Å². The Kier molecular flexibility index (Phi) is 5.51. The average molecular weight is 387 g/mol. The van der Waals surface area contributed by atoms with E-state index in [1.165, 1.54) is 13.2 Å². The molecule has 0 saturated heterocycles. The third-order valence-corrected chi connectivity index (χ3v) is 4.83. The van der Waals surface area contributed by atoms with Crippen LogP contribution in [-0.2, 0) is 16.0 Å². The third-order valence-electron chi connectivity index (χ3n) is 4.58. The highest BCUT2D eigenvalue weighted by Gasteiger charge is 2.26. The number of aryl methyl sites for hydroxylation is 1. The molecule has 0 N–H and O–H groups in total. The van der Waals surface area contributed by atoms with E-state index in [9.17, 15) is 9.59 Å². The first-order valence-electron chi connectivity index (χ1n) is 8.38. The van der Waals surface area contributed by atoms with E-state index in [1.54, 1.807) is 38.3 Å². The summed E-state index contributed by atoms with van der Waals surface area (Å²) in [5.74, 6) is -0.476. The zero-order valence-electron chi connectivity index (χ0n) is 15.2. The lowest BCUT2D eigenvalue weighted by molar-refractivity contribution is -0.142. The fraction of sp³-hybridized carbons (Fsp3) is 0.238. The minimum Gasteiger partial charge on any atom is -0.496 e. The molecular weight excluding hydrogens is 368 g/mol. The molecule has 0 saturated carbocycles. The van der Waals surface area contributed by atoms with Gasteiger partial charge < -0.3 is 13.9 Å². The molecule has 5 nitrogen and oxygen atoms in total. The Morgan fingerprint density at radius 2 is 1.85 bits per heavy atom. The molecule has 2 aromatic carbocycles. The summed E-state index contributed by atoms with van der Waals surface area (Å²) in [6.07, 6.45) is 0.369. The number of fused-ring (bicyclic) bond motifs is 1. The first-order valence-corrected chi connectivity index (χ1v) is 8.76. The Bertz CT molecular complexity index is 1040. The fourth-order valence-corrected chi connectivity index (χ4v) is 3.32. The summed E-state index contributed by atoms with van der Waals surface area (Å²) in [6.45, 7) is 1.81. The van der Waals surface area contributed by atoms with E-state index in [4.69, 9.17) is 25.5 Å². The first-order chi connectivity index (χ1) is 12.9. The van der Waals surface area contributed by atoms with Gasteiger partial charge in [0.2, 0.25) is 0 Å². The van der Waals surface area contributed by atoms with Crippen molar-refractivity contribution in [3.8, 4) is 5.75 Å². The molecule has 0 radical (unpaired) electrons. The number of halogens is 1. The van der Waals surface area contributed by atoms with Crippen LogP contribution in [0.15, 0.2) is 51.7 Å². The zero-order valence-corrected chi connectivity index (χ0v) is 16.0. The third kappa shape index (κ3) is 3.83. The lowest BCUT2D eigenvalue weighted by Gasteiger charge is -2.18. The van der Waals surface area contributed by atoms with Gasteiger partial charge in [0, 0.05) is 22.0 Å². The van der Waals surface area contributed by atoms with Crippen LogP contribution in [0.3, 0.4) is 0 Å².